The molecule has 1 aliphatic carbocycles. The van der Waals surface area contributed by atoms with E-state index in [0.29, 0.717) is 0 Å². The summed E-state index contributed by atoms with van der Waals surface area (Å²) in [5, 5.41) is 3.40. The van der Waals surface area contributed by atoms with Crippen molar-refractivity contribution in [1.82, 2.24) is 15.1 Å². The normalized spacial score (nSPS) is 14.5. The van der Waals surface area contributed by atoms with Gasteiger partial charge >= 0.3 is 0 Å². The zero-order valence-corrected chi connectivity index (χ0v) is 17.0. The molecule has 0 bridgehead atoms. The van der Waals surface area contributed by atoms with Crippen LogP contribution in [0.15, 0.2) is 35.3 Å². The standard InChI is InChI=1S/C18H30N4.HI/c1-4-19-18(20-13-14-22(5-2)17-11-12-17)21(3)15-16-9-7-6-8-10-16;/h6-10,17H,4-5,11-15H2,1-3H3,(H,19,20);1H. The van der Waals surface area contributed by atoms with Gasteiger partial charge in [-0.05, 0) is 31.9 Å². The van der Waals surface area contributed by atoms with Gasteiger partial charge in [-0.15, -0.1) is 24.0 Å². The molecule has 0 spiro atoms. The second-order valence-corrected chi connectivity index (χ2v) is 5.94. The molecule has 23 heavy (non-hydrogen) atoms. The topological polar surface area (TPSA) is 30.9 Å². The highest BCUT2D eigenvalue weighted by molar-refractivity contribution is 14.0. The summed E-state index contributed by atoms with van der Waals surface area (Å²) in [6.07, 6.45) is 2.73. The molecule has 1 fully saturated rings. The van der Waals surface area contributed by atoms with Crippen molar-refractivity contribution in [3.05, 3.63) is 35.9 Å². The fourth-order valence-corrected chi connectivity index (χ4v) is 2.72. The highest BCUT2D eigenvalue weighted by Gasteiger charge is 2.27. The van der Waals surface area contributed by atoms with Crippen LogP contribution in [0.2, 0.25) is 0 Å². The first-order chi connectivity index (χ1) is 10.7. The first kappa shape index (κ1) is 20.2. The highest BCUT2D eigenvalue weighted by atomic mass is 127. The second-order valence-electron chi connectivity index (χ2n) is 5.94. The molecule has 0 radical (unpaired) electrons. The van der Waals surface area contributed by atoms with Crippen LogP contribution < -0.4 is 5.32 Å². The minimum Gasteiger partial charge on any atom is -0.357 e. The Morgan fingerprint density at radius 1 is 1.22 bits per heavy atom. The molecule has 0 amide bonds. The van der Waals surface area contributed by atoms with Crippen LogP contribution in [-0.2, 0) is 6.54 Å². The minimum absolute atomic E-state index is 0. The quantitative estimate of drug-likeness (QED) is 0.391. The van der Waals surface area contributed by atoms with Crippen molar-refractivity contribution < 1.29 is 0 Å². The Kier molecular flexibility index (Phi) is 9.55. The molecule has 1 N–H and O–H groups in total. The predicted octanol–water partition coefficient (Wildman–Crippen LogP) is 3.19. The summed E-state index contributed by atoms with van der Waals surface area (Å²) in [5.41, 5.74) is 1.31. The number of hydrogen-bond acceptors (Lipinski definition) is 2. The molecule has 1 aliphatic rings. The van der Waals surface area contributed by atoms with Gasteiger partial charge in [0.05, 0.1) is 6.54 Å². The van der Waals surface area contributed by atoms with Crippen molar-refractivity contribution in [2.75, 3.05) is 33.2 Å². The van der Waals surface area contributed by atoms with Crippen LogP contribution in [0.5, 0.6) is 0 Å². The van der Waals surface area contributed by atoms with Crippen LogP contribution in [0.3, 0.4) is 0 Å². The molecule has 0 saturated heterocycles. The second kappa shape index (κ2) is 10.9. The number of aliphatic imine (C=N–C) groups is 1. The highest BCUT2D eigenvalue weighted by Crippen LogP contribution is 2.25. The van der Waals surface area contributed by atoms with Gasteiger partial charge in [-0.25, -0.2) is 0 Å². The fourth-order valence-electron chi connectivity index (χ4n) is 2.72. The molecular weight excluding hydrogens is 399 g/mol. The van der Waals surface area contributed by atoms with Crippen molar-refractivity contribution in [1.29, 1.82) is 0 Å². The molecule has 0 unspecified atom stereocenters. The lowest BCUT2D eigenvalue weighted by molar-refractivity contribution is 0.285. The summed E-state index contributed by atoms with van der Waals surface area (Å²) in [5.74, 6) is 0.998. The molecule has 0 atom stereocenters. The maximum atomic E-state index is 4.80. The van der Waals surface area contributed by atoms with Gasteiger partial charge in [-0.1, -0.05) is 37.3 Å². The van der Waals surface area contributed by atoms with Gasteiger partial charge in [-0.3, -0.25) is 9.89 Å². The van der Waals surface area contributed by atoms with Crippen LogP contribution in [-0.4, -0.2) is 55.0 Å². The van der Waals surface area contributed by atoms with Gasteiger partial charge in [0.1, 0.15) is 0 Å². The van der Waals surface area contributed by atoms with E-state index in [1.165, 1.54) is 18.4 Å². The van der Waals surface area contributed by atoms with E-state index in [0.717, 1.165) is 44.7 Å². The Hall–Kier alpha value is -0.820. The summed E-state index contributed by atoms with van der Waals surface area (Å²) in [4.78, 5) is 9.54. The summed E-state index contributed by atoms with van der Waals surface area (Å²) in [6, 6.07) is 11.4. The molecule has 130 valence electrons. The summed E-state index contributed by atoms with van der Waals surface area (Å²) in [7, 11) is 2.10. The summed E-state index contributed by atoms with van der Waals surface area (Å²) in [6.45, 7) is 9.21. The Morgan fingerprint density at radius 2 is 1.91 bits per heavy atom. The lowest BCUT2D eigenvalue weighted by Crippen LogP contribution is -2.39. The van der Waals surface area contributed by atoms with Crippen LogP contribution in [0.25, 0.3) is 0 Å². The van der Waals surface area contributed by atoms with Gasteiger partial charge in [0.25, 0.3) is 0 Å². The van der Waals surface area contributed by atoms with Crippen LogP contribution in [0.1, 0.15) is 32.3 Å². The number of likely N-dealkylation sites (N-methyl/N-ethyl adjacent to an activating group) is 1. The first-order valence-electron chi connectivity index (χ1n) is 8.52. The molecule has 1 aromatic carbocycles. The van der Waals surface area contributed by atoms with Gasteiger partial charge in [-0.2, -0.15) is 0 Å². The SMILES string of the molecule is CCNC(=NCCN(CC)C1CC1)N(C)Cc1ccccc1.I. The van der Waals surface area contributed by atoms with Gasteiger partial charge in [0.15, 0.2) is 5.96 Å². The van der Waals surface area contributed by atoms with Gasteiger partial charge < -0.3 is 10.2 Å². The number of nitrogens with one attached hydrogen (secondary N) is 1. The molecule has 0 aromatic heterocycles. The molecule has 0 aliphatic heterocycles. The van der Waals surface area contributed by atoms with E-state index in [-0.39, 0.29) is 24.0 Å². The molecule has 2 rings (SSSR count). The third-order valence-electron chi connectivity index (χ3n) is 4.08. The van der Waals surface area contributed by atoms with Crippen LogP contribution in [0.4, 0.5) is 0 Å². The molecular formula is C18H31IN4. The van der Waals surface area contributed by atoms with E-state index in [2.05, 4.69) is 66.3 Å². The number of guanidine groups is 1. The summed E-state index contributed by atoms with van der Waals surface area (Å²) < 4.78 is 0. The van der Waals surface area contributed by atoms with E-state index in [1.54, 1.807) is 0 Å². The predicted molar refractivity (Wildman–Crippen MR) is 110 cm³/mol. The number of halogens is 1. The zero-order valence-electron chi connectivity index (χ0n) is 14.7. The van der Waals surface area contributed by atoms with E-state index in [4.69, 9.17) is 4.99 Å². The van der Waals surface area contributed by atoms with Crippen molar-refractivity contribution in [2.45, 2.75) is 39.3 Å². The van der Waals surface area contributed by atoms with Crippen molar-refractivity contribution in [2.24, 2.45) is 4.99 Å². The number of rotatable bonds is 8. The lowest BCUT2D eigenvalue weighted by atomic mass is 10.2. The maximum Gasteiger partial charge on any atom is 0.194 e. The minimum atomic E-state index is 0. The van der Waals surface area contributed by atoms with Crippen LogP contribution in [0, 0.1) is 0 Å². The van der Waals surface area contributed by atoms with E-state index in [9.17, 15) is 0 Å². The monoisotopic (exact) mass is 430 g/mol. The number of hydrogen-bond donors (Lipinski definition) is 1. The third-order valence-corrected chi connectivity index (χ3v) is 4.08. The summed E-state index contributed by atoms with van der Waals surface area (Å²) >= 11 is 0. The largest absolute Gasteiger partial charge is 0.357 e. The van der Waals surface area contributed by atoms with Crippen molar-refractivity contribution in [3.8, 4) is 0 Å². The third kappa shape index (κ3) is 7.08. The molecule has 1 aromatic rings. The van der Waals surface area contributed by atoms with Crippen molar-refractivity contribution in [3.63, 3.8) is 0 Å². The van der Waals surface area contributed by atoms with E-state index < -0.39 is 0 Å². The Balaban J connectivity index is 0.00000264. The Labute approximate surface area is 158 Å². The zero-order chi connectivity index (χ0) is 15.8. The van der Waals surface area contributed by atoms with Gasteiger partial charge in [0, 0.05) is 32.7 Å². The molecule has 4 nitrogen and oxygen atoms in total. The van der Waals surface area contributed by atoms with Gasteiger partial charge in [0.2, 0.25) is 0 Å². The van der Waals surface area contributed by atoms with Crippen molar-refractivity contribution >= 4 is 29.9 Å². The number of nitrogens with zero attached hydrogens (tertiary/aromatic N) is 3. The van der Waals surface area contributed by atoms with E-state index >= 15 is 0 Å². The maximum absolute atomic E-state index is 4.80. The smallest absolute Gasteiger partial charge is 0.194 e. The average molecular weight is 430 g/mol. The van der Waals surface area contributed by atoms with E-state index in [1.807, 2.05) is 0 Å². The first-order valence-corrected chi connectivity index (χ1v) is 8.52. The Bertz CT molecular complexity index is 459. The lowest BCUT2D eigenvalue weighted by Gasteiger charge is -2.23. The number of benzene rings is 1. The molecule has 5 heteroatoms. The van der Waals surface area contributed by atoms with Crippen LogP contribution >= 0.6 is 24.0 Å². The molecule has 0 heterocycles. The molecule has 1 saturated carbocycles. The average Bonchev–Trinajstić information content (AvgIpc) is 3.36. The Morgan fingerprint density at radius 3 is 2.48 bits per heavy atom. The fraction of sp³-hybridized carbons (Fsp3) is 0.611.